The highest BCUT2D eigenvalue weighted by molar-refractivity contribution is 7.16. The minimum Gasteiger partial charge on any atom is -0.355 e. The maximum absolute atomic E-state index is 12.6. The number of fused-ring (bicyclic) bond motifs is 1. The molecular formula is C20H20N2O2S. The molecule has 3 rings (SSSR count). The van der Waals surface area contributed by atoms with Gasteiger partial charge in [0.2, 0.25) is 5.91 Å². The summed E-state index contributed by atoms with van der Waals surface area (Å²) in [7, 11) is 1.59. The maximum Gasteiger partial charge on any atom is 0.254 e. The molecule has 0 aliphatic carbocycles. The first kappa shape index (κ1) is 17.2. The van der Waals surface area contributed by atoms with Crippen LogP contribution in [0, 0.1) is 13.8 Å². The first-order valence-electron chi connectivity index (χ1n) is 8.09. The molecular weight excluding hydrogens is 332 g/mol. The summed E-state index contributed by atoms with van der Waals surface area (Å²) < 4.78 is 0. The second-order valence-corrected chi connectivity index (χ2v) is 7.15. The van der Waals surface area contributed by atoms with Gasteiger partial charge in [0.25, 0.3) is 5.91 Å². The van der Waals surface area contributed by atoms with E-state index in [1.54, 1.807) is 7.05 Å². The fourth-order valence-electron chi connectivity index (χ4n) is 2.90. The van der Waals surface area contributed by atoms with Crippen molar-refractivity contribution in [3.63, 3.8) is 0 Å². The number of carbonyl (C=O) groups is 2. The van der Waals surface area contributed by atoms with Crippen LogP contribution in [-0.2, 0) is 11.2 Å². The van der Waals surface area contributed by atoms with Crippen molar-refractivity contribution >= 4 is 38.9 Å². The maximum atomic E-state index is 12.6. The Morgan fingerprint density at radius 3 is 2.52 bits per heavy atom. The van der Waals surface area contributed by atoms with Crippen molar-refractivity contribution in [1.29, 1.82) is 0 Å². The number of amides is 2. The largest absolute Gasteiger partial charge is 0.355 e. The van der Waals surface area contributed by atoms with Crippen LogP contribution in [0.25, 0.3) is 10.8 Å². The topological polar surface area (TPSA) is 58.2 Å². The van der Waals surface area contributed by atoms with Gasteiger partial charge in [0.1, 0.15) is 5.00 Å². The van der Waals surface area contributed by atoms with E-state index in [2.05, 4.69) is 10.6 Å². The third-order valence-electron chi connectivity index (χ3n) is 4.32. The molecule has 0 atom stereocenters. The molecule has 1 heterocycles. The minimum atomic E-state index is -0.178. The highest BCUT2D eigenvalue weighted by Crippen LogP contribution is 2.32. The van der Waals surface area contributed by atoms with Crippen molar-refractivity contribution in [2.45, 2.75) is 20.3 Å². The molecule has 3 aromatic rings. The van der Waals surface area contributed by atoms with E-state index in [0.29, 0.717) is 10.6 Å². The number of hydrogen-bond donors (Lipinski definition) is 2. The molecule has 5 heteroatoms. The third-order valence-corrected chi connectivity index (χ3v) is 5.45. The molecule has 0 saturated carbocycles. The molecule has 0 aliphatic rings. The Labute approximate surface area is 150 Å². The van der Waals surface area contributed by atoms with E-state index in [9.17, 15) is 9.59 Å². The highest BCUT2D eigenvalue weighted by atomic mass is 32.1. The van der Waals surface area contributed by atoms with Crippen molar-refractivity contribution in [2.24, 2.45) is 0 Å². The van der Waals surface area contributed by atoms with Crippen molar-refractivity contribution in [2.75, 3.05) is 12.4 Å². The SMILES string of the molecule is CNC(=O)c1c(NC(=O)Cc2cccc3ccccc23)sc(C)c1C. The summed E-state index contributed by atoms with van der Waals surface area (Å²) in [6.45, 7) is 3.85. The van der Waals surface area contributed by atoms with E-state index >= 15 is 0 Å². The fourth-order valence-corrected chi connectivity index (χ4v) is 3.98. The molecule has 2 amide bonds. The van der Waals surface area contributed by atoms with Crippen molar-refractivity contribution < 1.29 is 9.59 Å². The average Bonchev–Trinajstić information content (AvgIpc) is 2.88. The van der Waals surface area contributed by atoms with Crippen LogP contribution in [0.15, 0.2) is 42.5 Å². The molecule has 128 valence electrons. The van der Waals surface area contributed by atoms with Gasteiger partial charge >= 0.3 is 0 Å². The zero-order chi connectivity index (χ0) is 18.0. The fraction of sp³-hybridized carbons (Fsp3) is 0.200. The van der Waals surface area contributed by atoms with Crippen LogP contribution in [0.5, 0.6) is 0 Å². The van der Waals surface area contributed by atoms with Gasteiger partial charge < -0.3 is 10.6 Å². The van der Waals surface area contributed by atoms with E-state index in [4.69, 9.17) is 0 Å². The van der Waals surface area contributed by atoms with Crippen molar-refractivity contribution in [1.82, 2.24) is 5.32 Å². The Balaban J connectivity index is 1.86. The molecule has 0 aliphatic heterocycles. The highest BCUT2D eigenvalue weighted by Gasteiger charge is 2.20. The van der Waals surface area contributed by atoms with Crippen molar-refractivity contribution in [3.05, 3.63) is 64.0 Å². The van der Waals surface area contributed by atoms with E-state index in [-0.39, 0.29) is 18.2 Å². The molecule has 2 aromatic carbocycles. The van der Waals surface area contributed by atoms with Gasteiger partial charge in [0, 0.05) is 11.9 Å². The van der Waals surface area contributed by atoms with E-state index in [0.717, 1.165) is 26.8 Å². The van der Waals surface area contributed by atoms with Crippen LogP contribution >= 0.6 is 11.3 Å². The predicted molar refractivity (Wildman–Crippen MR) is 103 cm³/mol. The van der Waals surface area contributed by atoms with E-state index in [1.165, 1.54) is 11.3 Å². The second-order valence-electron chi connectivity index (χ2n) is 5.93. The molecule has 1 aromatic heterocycles. The first-order chi connectivity index (χ1) is 12.0. The summed E-state index contributed by atoms with van der Waals surface area (Å²) in [5.74, 6) is -0.301. The summed E-state index contributed by atoms with van der Waals surface area (Å²) in [4.78, 5) is 25.7. The quantitative estimate of drug-likeness (QED) is 0.744. The smallest absolute Gasteiger partial charge is 0.254 e. The Morgan fingerprint density at radius 1 is 1.04 bits per heavy atom. The number of rotatable bonds is 4. The summed E-state index contributed by atoms with van der Waals surface area (Å²) >= 11 is 1.43. The Morgan fingerprint density at radius 2 is 1.76 bits per heavy atom. The number of anilines is 1. The van der Waals surface area contributed by atoms with Gasteiger partial charge in [-0.3, -0.25) is 9.59 Å². The second kappa shape index (κ2) is 7.07. The van der Waals surface area contributed by atoms with Crippen LogP contribution in [0.1, 0.15) is 26.4 Å². The molecule has 0 saturated heterocycles. The number of carbonyl (C=O) groups excluding carboxylic acids is 2. The Bertz CT molecular complexity index is 954. The molecule has 0 spiro atoms. The molecule has 2 N–H and O–H groups in total. The van der Waals surface area contributed by atoms with E-state index < -0.39 is 0 Å². The Hall–Kier alpha value is -2.66. The normalized spacial score (nSPS) is 10.7. The Kier molecular flexibility index (Phi) is 4.86. The first-order valence-corrected chi connectivity index (χ1v) is 8.91. The third kappa shape index (κ3) is 3.42. The zero-order valence-electron chi connectivity index (χ0n) is 14.5. The van der Waals surface area contributed by atoms with Gasteiger partial charge in [0.15, 0.2) is 0 Å². The monoisotopic (exact) mass is 352 g/mol. The lowest BCUT2D eigenvalue weighted by Gasteiger charge is -2.08. The van der Waals surface area contributed by atoms with Gasteiger partial charge in [-0.2, -0.15) is 0 Å². The summed E-state index contributed by atoms with van der Waals surface area (Å²) in [6, 6.07) is 14.0. The van der Waals surface area contributed by atoms with Gasteiger partial charge in [-0.1, -0.05) is 42.5 Å². The summed E-state index contributed by atoms with van der Waals surface area (Å²) in [5, 5.41) is 8.36. The molecule has 25 heavy (non-hydrogen) atoms. The van der Waals surface area contributed by atoms with Crippen LogP contribution in [0.2, 0.25) is 0 Å². The zero-order valence-corrected chi connectivity index (χ0v) is 15.3. The lowest BCUT2D eigenvalue weighted by Crippen LogP contribution is -2.21. The number of aryl methyl sites for hydroxylation is 1. The average molecular weight is 352 g/mol. The van der Waals surface area contributed by atoms with Crippen LogP contribution < -0.4 is 10.6 Å². The van der Waals surface area contributed by atoms with Crippen LogP contribution in [0.3, 0.4) is 0 Å². The number of nitrogens with one attached hydrogen (secondary N) is 2. The van der Waals surface area contributed by atoms with Gasteiger partial charge in [-0.15, -0.1) is 11.3 Å². The molecule has 0 fully saturated rings. The van der Waals surface area contributed by atoms with Gasteiger partial charge in [-0.25, -0.2) is 0 Å². The van der Waals surface area contributed by atoms with Crippen LogP contribution in [-0.4, -0.2) is 18.9 Å². The van der Waals surface area contributed by atoms with E-state index in [1.807, 2.05) is 56.3 Å². The standard InChI is InChI=1S/C20H20N2O2S/c1-12-13(2)25-20(18(12)19(24)21-3)22-17(23)11-15-9-6-8-14-7-4-5-10-16(14)15/h4-10H,11H2,1-3H3,(H,21,24)(H,22,23). The lowest BCUT2D eigenvalue weighted by atomic mass is 10.0. The van der Waals surface area contributed by atoms with Gasteiger partial charge in [-0.05, 0) is 35.7 Å². The molecule has 0 radical (unpaired) electrons. The number of hydrogen-bond acceptors (Lipinski definition) is 3. The summed E-state index contributed by atoms with van der Waals surface area (Å²) in [5.41, 5.74) is 2.43. The summed E-state index contributed by atoms with van der Waals surface area (Å²) in [6.07, 6.45) is 0.268. The van der Waals surface area contributed by atoms with Crippen molar-refractivity contribution in [3.8, 4) is 0 Å². The van der Waals surface area contributed by atoms with Crippen LogP contribution in [0.4, 0.5) is 5.00 Å². The lowest BCUT2D eigenvalue weighted by molar-refractivity contribution is -0.115. The minimum absolute atomic E-state index is 0.122. The molecule has 4 nitrogen and oxygen atoms in total. The van der Waals surface area contributed by atoms with Gasteiger partial charge in [0.05, 0.1) is 12.0 Å². The predicted octanol–water partition coefficient (Wildman–Crippen LogP) is 4.06. The molecule has 0 unspecified atom stereocenters. The number of thiophene rings is 1. The number of benzene rings is 2. The molecule has 0 bridgehead atoms.